The molecule has 0 unspecified atom stereocenters. The highest BCUT2D eigenvalue weighted by Crippen LogP contribution is 2.49. The first kappa shape index (κ1) is 32.7. The predicted molar refractivity (Wildman–Crippen MR) is 229 cm³/mol. The molecule has 0 amide bonds. The highest BCUT2D eigenvalue weighted by atomic mass is 15.4. The fourth-order valence-corrected chi connectivity index (χ4v) is 8.94. The second-order valence-electron chi connectivity index (χ2n) is 14.6. The Hall–Kier alpha value is -6.91. The third-order valence-corrected chi connectivity index (χ3v) is 11.5. The second-order valence-corrected chi connectivity index (χ2v) is 14.6. The van der Waals surface area contributed by atoms with E-state index in [1.807, 2.05) is 6.20 Å². The van der Waals surface area contributed by atoms with Gasteiger partial charge in [-0.15, -0.1) is 0 Å². The molecule has 10 rings (SSSR count). The van der Waals surface area contributed by atoms with Gasteiger partial charge in [0, 0.05) is 29.7 Å². The summed E-state index contributed by atoms with van der Waals surface area (Å²) in [5.74, 6) is 0.896. The van der Waals surface area contributed by atoms with Crippen molar-refractivity contribution in [2.45, 2.75) is 12.3 Å². The van der Waals surface area contributed by atoms with Crippen molar-refractivity contribution in [2.24, 2.45) is 0 Å². The predicted octanol–water partition coefficient (Wildman–Crippen LogP) is 12.1. The molecular formula is C51H40N4. The highest BCUT2D eigenvalue weighted by molar-refractivity contribution is 6.09. The molecule has 0 radical (unpaired) electrons. The van der Waals surface area contributed by atoms with E-state index in [1.54, 1.807) is 0 Å². The summed E-state index contributed by atoms with van der Waals surface area (Å²) in [7, 11) is 2.17. The van der Waals surface area contributed by atoms with Crippen molar-refractivity contribution in [3.8, 4) is 16.9 Å². The Morgan fingerprint density at radius 2 is 1.15 bits per heavy atom. The first-order valence-electron chi connectivity index (χ1n) is 19.0. The number of aromatic nitrogens is 2. The SMILES string of the molecule is Cc1ccccc1-c1ccnc(-n2c3ccccc3c3ccc(C(c4ccccc4)(c4ccccc4)c4cccc(N5CN(C)c6ccccc65)c4)cc32)c1. The summed E-state index contributed by atoms with van der Waals surface area (Å²) in [6.07, 6.45) is 1.94. The molecule has 0 aliphatic carbocycles. The first-order valence-corrected chi connectivity index (χ1v) is 19.0. The number of aryl methyl sites for hydroxylation is 1. The van der Waals surface area contributed by atoms with E-state index < -0.39 is 5.41 Å². The Kier molecular flexibility index (Phi) is 7.85. The summed E-state index contributed by atoms with van der Waals surface area (Å²) in [5.41, 5.74) is 13.7. The first-order chi connectivity index (χ1) is 27.1. The van der Waals surface area contributed by atoms with Crippen LogP contribution in [0.2, 0.25) is 0 Å². The van der Waals surface area contributed by atoms with Gasteiger partial charge in [0.2, 0.25) is 0 Å². The number of benzene rings is 7. The molecule has 0 saturated heterocycles. The molecule has 1 aliphatic heterocycles. The average Bonchev–Trinajstić information content (AvgIpc) is 3.76. The van der Waals surface area contributed by atoms with Crippen LogP contribution in [0.3, 0.4) is 0 Å². The lowest BCUT2D eigenvalue weighted by Crippen LogP contribution is -2.31. The summed E-state index contributed by atoms with van der Waals surface area (Å²) >= 11 is 0. The van der Waals surface area contributed by atoms with Crippen molar-refractivity contribution in [3.05, 3.63) is 222 Å². The van der Waals surface area contributed by atoms with Crippen molar-refractivity contribution >= 4 is 38.9 Å². The molecule has 3 heterocycles. The summed E-state index contributed by atoms with van der Waals surface area (Å²) in [4.78, 5) is 9.78. The molecule has 2 aromatic heterocycles. The van der Waals surface area contributed by atoms with E-state index in [0.717, 1.165) is 34.8 Å². The second kappa shape index (κ2) is 13.2. The van der Waals surface area contributed by atoms with Crippen LogP contribution in [0.15, 0.2) is 194 Å². The molecule has 9 aromatic rings. The van der Waals surface area contributed by atoms with E-state index in [4.69, 9.17) is 4.98 Å². The lowest BCUT2D eigenvalue weighted by molar-refractivity contribution is 0.745. The summed E-state index contributed by atoms with van der Waals surface area (Å²) in [6.45, 7) is 2.96. The Morgan fingerprint density at radius 1 is 0.509 bits per heavy atom. The zero-order valence-corrected chi connectivity index (χ0v) is 31.0. The van der Waals surface area contributed by atoms with Gasteiger partial charge in [0.15, 0.2) is 0 Å². The molecule has 4 nitrogen and oxygen atoms in total. The molecule has 0 spiro atoms. The Morgan fingerprint density at radius 3 is 1.93 bits per heavy atom. The minimum absolute atomic E-state index is 0.643. The van der Waals surface area contributed by atoms with Gasteiger partial charge in [0.05, 0.1) is 34.5 Å². The van der Waals surface area contributed by atoms with Crippen LogP contribution >= 0.6 is 0 Å². The van der Waals surface area contributed by atoms with E-state index in [-0.39, 0.29) is 0 Å². The standard InChI is InChI=1S/C51H40N4/c1-36-16-9-10-23-43(36)37-30-31-52-50(32-37)55-46-25-12-11-24-44(46)45-29-28-41(34-49(45)55)51(38-17-5-3-6-18-38,39-19-7-4-8-20-39)40-21-15-22-42(33-40)54-35-53(2)47-26-13-14-27-48(47)54/h3-34H,35H2,1-2H3. The maximum Gasteiger partial charge on any atom is 0.138 e. The Labute approximate surface area is 322 Å². The largest absolute Gasteiger partial charge is 0.355 e. The van der Waals surface area contributed by atoms with Gasteiger partial charge in [0.25, 0.3) is 0 Å². The van der Waals surface area contributed by atoms with Gasteiger partial charge >= 0.3 is 0 Å². The molecule has 0 bridgehead atoms. The van der Waals surface area contributed by atoms with Crippen LogP contribution in [0.4, 0.5) is 17.1 Å². The number of hydrogen-bond donors (Lipinski definition) is 0. The van der Waals surface area contributed by atoms with Crippen LogP contribution in [0.1, 0.15) is 27.8 Å². The Bertz CT molecular complexity index is 2800. The average molecular weight is 709 g/mol. The van der Waals surface area contributed by atoms with Gasteiger partial charge in [-0.1, -0.05) is 140 Å². The maximum absolute atomic E-state index is 5.04. The molecule has 0 N–H and O–H groups in total. The van der Waals surface area contributed by atoms with Crippen LogP contribution in [-0.2, 0) is 5.41 Å². The van der Waals surface area contributed by atoms with E-state index >= 15 is 0 Å². The lowest BCUT2D eigenvalue weighted by Gasteiger charge is -2.37. The van der Waals surface area contributed by atoms with E-state index in [0.29, 0.717) is 0 Å². The van der Waals surface area contributed by atoms with E-state index in [9.17, 15) is 0 Å². The van der Waals surface area contributed by atoms with Crippen LogP contribution in [0, 0.1) is 6.92 Å². The van der Waals surface area contributed by atoms with Gasteiger partial charge in [-0.3, -0.25) is 4.57 Å². The van der Waals surface area contributed by atoms with Crippen molar-refractivity contribution in [1.82, 2.24) is 9.55 Å². The third kappa shape index (κ3) is 5.25. The summed E-state index contributed by atoms with van der Waals surface area (Å²) in [5, 5.41) is 2.40. The summed E-state index contributed by atoms with van der Waals surface area (Å²) in [6, 6.07) is 68.6. The smallest absolute Gasteiger partial charge is 0.138 e. The van der Waals surface area contributed by atoms with Gasteiger partial charge in [-0.2, -0.15) is 0 Å². The Balaban J connectivity index is 1.25. The van der Waals surface area contributed by atoms with Crippen LogP contribution in [-0.4, -0.2) is 23.3 Å². The van der Waals surface area contributed by atoms with Crippen molar-refractivity contribution in [2.75, 3.05) is 23.5 Å². The lowest BCUT2D eigenvalue weighted by atomic mass is 9.65. The summed E-state index contributed by atoms with van der Waals surface area (Å²) < 4.78 is 2.35. The van der Waals surface area contributed by atoms with Crippen LogP contribution in [0.5, 0.6) is 0 Å². The van der Waals surface area contributed by atoms with Crippen LogP contribution in [0.25, 0.3) is 38.8 Å². The molecule has 0 fully saturated rings. The minimum Gasteiger partial charge on any atom is -0.355 e. The molecule has 4 heteroatoms. The fraction of sp³-hybridized carbons (Fsp3) is 0.0784. The van der Waals surface area contributed by atoms with Crippen molar-refractivity contribution in [3.63, 3.8) is 0 Å². The zero-order chi connectivity index (χ0) is 36.9. The number of para-hydroxylation sites is 3. The van der Waals surface area contributed by atoms with Gasteiger partial charge in [-0.05, 0) is 94.4 Å². The molecule has 0 atom stereocenters. The van der Waals surface area contributed by atoms with Crippen molar-refractivity contribution < 1.29 is 0 Å². The normalized spacial score (nSPS) is 12.8. The van der Waals surface area contributed by atoms with Gasteiger partial charge < -0.3 is 9.80 Å². The maximum atomic E-state index is 5.04. The minimum atomic E-state index is -0.643. The third-order valence-electron chi connectivity index (χ3n) is 11.5. The zero-order valence-electron chi connectivity index (χ0n) is 31.0. The quantitative estimate of drug-likeness (QED) is 0.154. The number of hydrogen-bond acceptors (Lipinski definition) is 3. The number of rotatable bonds is 7. The van der Waals surface area contributed by atoms with Gasteiger partial charge in [-0.25, -0.2) is 4.98 Å². The topological polar surface area (TPSA) is 24.3 Å². The van der Waals surface area contributed by atoms with E-state index in [2.05, 4.69) is 216 Å². The number of anilines is 3. The molecule has 1 aliphatic rings. The van der Waals surface area contributed by atoms with E-state index in [1.165, 1.54) is 55.5 Å². The van der Waals surface area contributed by atoms with Crippen molar-refractivity contribution in [1.29, 1.82) is 0 Å². The molecular weight excluding hydrogens is 669 g/mol. The number of nitrogens with zero attached hydrogens (tertiary/aromatic N) is 4. The highest BCUT2D eigenvalue weighted by Gasteiger charge is 2.39. The monoisotopic (exact) mass is 708 g/mol. The van der Waals surface area contributed by atoms with Crippen LogP contribution < -0.4 is 9.80 Å². The molecule has 7 aromatic carbocycles. The molecule has 264 valence electrons. The van der Waals surface area contributed by atoms with Gasteiger partial charge in [0.1, 0.15) is 5.82 Å². The molecule has 55 heavy (non-hydrogen) atoms. The number of fused-ring (bicyclic) bond motifs is 4. The number of pyridine rings is 1. The molecule has 0 saturated carbocycles. The fourth-order valence-electron chi connectivity index (χ4n) is 8.94.